The van der Waals surface area contributed by atoms with Crippen LogP contribution in [0, 0.1) is 24.4 Å². The van der Waals surface area contributed by atoms with Gasteiger partial charge in [-0.3, -0.25) is 0 Å². The molecular weight excluding hydrogens is 397 g/mol. The lowest BCUT2D eigenvalue weighted by Crippen LogP contribution is -2.10. The van der Waals surface area contributed by atoms with Gasteiger partial charge in [-0.15, -0.1) is 0 Å². The molecule has 154 valence electrons. The van der Waals surface area contributed by atoms with E-state index in [0.717, 1.165) is 12.1 Å². The third-order valence-corrected chi connectivity index (χ3v) is 4.85. The molecule has 30 heavy (non-hydrogen) atoms. The van der Waals surface area contributed by atoms with Crippen molar-refractivity contribution >= 4 is 22.5 Å². The molecule has 0 atom stereocenters. The Hall–Kier alpha value is -3.82. The molecular formula is C20H17F3N6O. The fraction of sp³-hybridized carbons (Fsp3) is 0.150. The third kappa shape index (κ3) is 3.15. The number of rotatable bonds is 4. The van der Waals surface area contributed by atoms with Crippen LogP contribution in [0.2, 0.25) is 0 Å². The third-order valence-electron chi connectivity index (χ3n) is 4.85. The molecule has 2 aromatic heterocycles. The number of anilines is 2. The van der Waals surface area contributed by atoms with E-state index in [4.69, 9.17) is 16.2 Å². The number of fused-ring (bicyclic) bond motifs is 1. The highest BCUT2D eigenvalue weighted by Gasteiger charge is 2.21. The molecule has 0 saturated heterocycles. The van der Waals surface area contributed by atoms with Crippen LogP contribution in [0.1, 0.15) is 16.8 Å². The molecule has 0 unspecified atom stereocenters. The Labute approximate surface area is 169 Å². The minimum Gasteiger partial charge on any atom is -0.497 e. The fourth-order valence-electron chi connectivity index (χ4n) is 3.10. The maximum absolute atomic E-state index is 14.2. The number of hydrogen-bond acceptors (Lipinski definition) is 6. The minimum atomic E-state index is -1.26. The molecule has 0 radical (unpaired) electrons. The molecule has 4 N–H and O–H groups in total. The van der Waals surface area contributed by atoms with Crippen LogP contribution in [0.5, 0.6) is 5.75 Å². The second-order valence-corrected chi connectivity index (χ2v) is 6.66. The Morgan fingerprint density at radius 2 is 1.67 bits per heavy atom. The van der Waals surface area contributed by atoms with E-state index < -0.39 is 23.0 Å². The van der Waals surface area contributed by atoms with Crippen molar-refractivity contribution in [2.45, 2.75) is 13.3 Å². The molecule has 4 aromatic rings. The SMILES string of the molecule is COc1ccc2c(c1)c(Cc1c(F)ccc(F)c1F)nn2-c1nc(N)c(C)c(N)n1. The summed E-state index contributed by atoms with van der Waals surface area (Å²) in [5, 5.41) is 4.95. The topological polar surface area (TPSA) is 105 Å². The summed E-state index contributed by atoms with van der Waals surface area (Å²) in [6, 6.07) is 6.65. The number of aromatic nitrogens is 4. The van der Waals surface area contributed by atoms with Gasteiger partial charge in [0.2, 0.25) is 0 Å². The number of benzene rings is 2. The van der Waals surface area contributed by atoms with Gasteiger partial charge in [-0.2, -0.15) is 19.7 Å². The molecule has 0 aliphatic carbocycles. The van der Waals surface area contributed by atoms with Crippen molar-refractivity contribution in [2.75, 3.05) is 18.6 Å². The predicted octanol–water partition coefficient (Wildman–Crippen LogP) is 3.31. The number of hydrogen-bond donors (Lipinski definition) is 2. The van der Waals surface area contributed by atoms with Crippen LogP contribution >= 0.6 is 0 Å². The lowest BCUT2D eigenvalue weighted by Gasteiger charge is -2.07. The van der Waals surface area contributed by atoms with Crippen molar-refractivity contribution in [1.82, 2.24) is 19.7 Å². The Morgan fingerprint density at radius 3 is 2.33 bits per heavy atom. The van der Waals surface area contributed by atoms with Crippen LogP contribution in [-0.2, 0) is 6.42 Å². The van der Waals surface area contributed by atoms with Gasteiger partial charge >= 0.3 is 0 Å². The first-order chi connectivity index (χ1) is 14.3. The van der Waals surface area contributed by atoms with Crippen molar-refractivity contribution < 1.29 is 17.9 Å². The van der Waals surface area contributed by atoms with E-state index in [0.29, 0.717) is 22.2 Å². The molecule has 0 amide bonds. The van der Waals surface area contributed by atoms with Crippen LogP contribution in [0.3, 0.4) is 0 Å². The van der Waals surface area contributed by atoms with E-state index in [9.17, 15) is 13.2 Å². The largest absolute Gasteiger partial charge is 0.497 e. The number of nitrogens with zero attached hydrogens (tertiary/aromatic N) is 4. The number of halogens is 3. The van der Waals surface area contributed by atoms with Crippen molar-refractivity contribution in [3.63, 3.8) is 0 Å². The first-order valence-corrected chi connectivity index (χ1v) is 8.88. The van der Waals surface area contributed by atoms with E-state index in [1.165, 1.54) is 11.8 Å². The summed E-state index contributed by atoms with van der Waals surface area (Å²) < 4.78 is 48.7. The maximum Gasteiger partial charge on any atom is 0.255 e. The van der Waals surface area contributed by atoms with E-state index in [-0.39, 0.29) is 29.7 Å². The highest BCUT2D eigenvalue weighted by Crippen LogP contribution is 2.29. The van der Waals surface area contributed by atoms with Gasteiger partial charge in [0.15, 0.2) is 11.6 Å². The molecule has 2 heterocycles. The summed E-state index contributed by atoms with van der Waals surface area (Å²) in [4.78, 5) is 8.43. The first kappa shape index (κ1) is 19.5. The maximum atomic E-state index is 14.2. The van der Waals surface area contributed by atoms with Crippen LogP contribution in [-0.4, -0.2) is 26.9 Å². The Balaban J connectivity index is 1.94. The Bertz CT molecular complexity index is 1260. The van der Waals surface area contributed by atoms with Gasteiger partial charge in [0, 0.05) is 22.9 Å². The summed E-state index contributed by atoms with van der Waals surface area (Å²) in [5.41, 5.74) is 12.7. The van der Waals surface area contributed by atoms with Gasteiger partial charge in [-0.05, 0) is 37.3 Å². The molecule has 0 fully saturated rings. The monoisotopic (exact) mass is 414 g/mol. The molecule has 0 aliphatic rings. The second-order valence-electron chi connectivity index (χ2n) is 6.66. The fourth-order valence-corrected chi connectivity index (χ4v) is 3.10. The zero-order valence-electron chi connectivity index (χ0n) is 16.1. The lowest BCUT2D eigenvalue weighted by molar-refractivity contribution is 0.415. The molecule has 0 spiro atoms. The zero-order chi connectivity index (χ0) is 21.6. The summed E-state index contributed by atoms with van der Waals surface area (Å²) in [6.07, 6.45) is -0.303. The van der Waals surface area contributed by atoms with Gasteiger partial charge in [0.05, 0.1) is 18.3 Å². The smallest absolute Gasteiger partial charge is 0.255 e. The molecule has 10 heteroatoms. The number of methoxy groups -OCH3 is 1. The molecule has 4 rings (SSSR count). The average Bonchev–Trinajstić information content (AvgIpc) is 3.09. The molecule has 2 aromatic carbocycles. The van der Waals surface area contributed by atoms with Crippen LogP contribution < -0.4 is 16.2 Å². The first-order valence-electron chi connectivity index (χ1n) is 8.88. The highest BCUT2D eigenvalue weighted by molar-refractivity contribution is 5.85. The van der Waals surface area contributed by atoms with Crippen molar-refractivity contribution in [1.29, 1.82) is 0 Å². The molecule has 0 aliphatic heterocycles. The Kier molecular flexibility index (Phi) is 4.69. The quantitative estimate of drug-likeness (QED) is 0.497. The van der Waals surface area contributed by atoms with Gasteiger partial charge in [0.1, 0.15) is 23.2 Å². The summed E-state index contributed by atoms with van der Waals surface area (Å²) in [5.74, 6) is -2.32. The summed E-state index contributed by atoms with van der Waals surface area (Å²) >= 11 is 0. The van der Waals surface area contributed by atoms with E-state index >= 15 is 0 Å². The van der Waals surface area contributed by atoms with E-state index in [1.54, 1.807) is 25.1 Å². The highest BCUT2D eigenvalue weighted by atomic mass is 19.2. The second kappa shape index (κ2) is 7.21. The van der Waals surface area contributed by atoms with Crippen molar-refractivity contribution in [3.8, 4) is 11.7 Å². The molecule has 0 bridgehead atoms. The minimum absolute atomic E-state index is 0.0946. The molecule has 0 saturated carbocycles. The molecule has 7 nitrogen and oxygen atoms in total. The number of nitrogen functional groups attached to an aromatic ring is 2. The van der Waals surface area contributed by atoms with Crippen molar-refractivity contribution in [2.24, 2.45) is 0 Å². The number of ether oxygens (including phenoxy) is 1. The Morgan fingerprint density at radius 1 is 1.00 bits per heavy atom. The normalized spacial score (nSPS) is 11.2. The van der Waals surface area contributed by atoms with Gasteiger partial charge in [0.25, 0.3) is 5.95 Å². The predicted molar refractivity (Wildman–Crippen MR) is 106 cm³/mol. The van der Waals surface area contributed by atoms with Gasteiger partial charge in [-0.1, -0.05) is 0 Å². The lowest BCUT2D eigenvalue weighted by atomic mass is 10.1. The van der Waals surface area contributed by atoms with Crippen LogP contribution in [0.4, 0.5) is 24.8 Å². The van der Waals surface area contributed by atoms with Gasteiger partial charge < -0.3 is 16.2 Å². The summed E-state index contributed by atoms with van der Waals surface area (Å²) in [6.45, 7) is 1.68. The number of nitrogens with two attached hydrogens (primary N) is 2. The van der Waals surface area contributed by atoms with Crippen LogP contribution in [0.25, 0.3) is 16.9 Å². The average molecular weight is 414 g/mol. The van der Waals surface area contributed by atoms with Gasteiger partial charge in [-0.25, -0.2) is 13.2 Å². The standard InChI is InChI=1S/C20H17F3N6O/c1-9-18(24)26-20(27-19(9)25)29-16-6-3-10(30-2)7-12(16)15(28-29)8-11-13(21)4-5-14(22)17(11)23/h3-7H,8H2,1-2H3,(H4,24,25,26,27). The van der Waals surface area contributed by atoms with E-state index in [1.807, 2.05) is 0 Å². The van der Waals surface area contributed by atoms with Crippen LogP contribution in [0.15, 0.2) is 30.3 Å². The van der Waals surface area contributed by atoms with Crippen molar-refractivity contribution in [3.05, 3.63) is 64.6 Å². The van der Waals surface area contributed by atoms with E-state index in [2.05, 4.69) is 15.1 Å². The zero-order valence-corrected chi connectivity index (χ0v) is 16.1. The summed E-state index contributed by atoms with van der Waals surface area (Å²) in [7, 11) is 1.49.